The van der Waals surface area contributed by atoms with E-state index in [1.807, 2.05) is 31.3 Å². The molecule has 0 fully saturated rings. The van der Waals surface area contributed by atoms with E-state index < -0.39 is 0 Å². The van der Waals surface area contributed by atoms with E-state index in [1.165, 1.54) is 4.88 Å². The van der Waals surface area contributed by atoms with Gasteiger partial charge < -0.3 is 4.90 Å². The maximum absolute atomic E-state index is 9.43. The van der Waals surface area contributed by atoms with E-state index in [1.54, 1.807) is 17.5 Å². The number of nitrogens with zero attached hydrogens (tertiary/aromatic N) is 3. The Kier molecular flexibility index (Phi) is 3.59. The third kappa shape index (κ3) is 2.37. The highest BCUT2D eigenvalue weighted by Crippen LogP contribution is 2.34. The zero-order valence-electron chi connectivity index (χ0n) is 11.9. The molecule has 0 bridgehead atoms. The number of rotatable bonds is 3. The van der Waals surface area contributed by atoms with Gasteiger partial charge in [0.15, 0.2) is 0 Å². The van der Waals surface area contributed by atoms with Gasteiger partial charge in [0.2, 0.25) is 0 Å². The molecule has 1 atom stereocenters. The molecule has 0 N–H and O–H groups in total. The van der Waals surface area contributed by atoms with E-state index in [9.17, 15) is 5.26 Å². The number of para-hydroxylation sites is 1. The van der Waals surface area contributed by atoms with Gasteiger partial charge in [-0.3, -0.25) is 4.98 Å². The fourth-order valence-corrected chi connectivity index (χ4v) is 3.33. The second-order valence-electron chi connectivity index (χ2n) is 4.95. The van der Waals surface area contributed by atoms with Crippen LogP contribution in [0.4, 0.5) is 5.69 Å². The summed E-state index contributed by atoms with van der Waals surface area (Å²) in [7, 11) is 2.03. The Bertz CT molecular complexity index is 803. The van der Waals surface area contributed by atoms with Crippen LogP contribution in [0, 0.1) is 11.3 Å². The Morgan fingerprint density at radius 2 is 2.05 bits per heavy atom. The first-order valence-electron chi connectivity index (χ1n) is 6.76. The standard InChI is InChI=1S/C17H15N3S/c1-12(16-8-5-9-21-16)20(2)17-13(10-18)11-19-15-7-4-3-6-14(15)17/h3-9,11-12H,1-2H3. The molecule has 0 aliphatic rings. The van der Waals surface area contributed by atoms with Crippen molar-refractivity contribution < 1.29 is 0 Å². The van der Waals surface area contributed by atoms with Gasteiger partial charge in [-0.1, -0.05) is 24.3 Å². The van der Waals surface area contributed by atoms with Crippen molar-refractivity contribution >= 4 is 27.9 Å². The van der Waals surface area contributed by atoms with Crippen LogP contribution in [0.15, 0.2) is 48.0 Å². The van der Waals surface area contributed by atoms with Crippen LogP contribution in [0.25, 0.3) is 10.9 Å². The van der Waals surface area contributed by atoms with E-state index in [0.29, 0.717) is 5.56 Å². The highest BCUT2D eigenvalue weighted by atomic mass is 32.1. The van der Waals surface area contributed by atoms with Gasteiger partial charge in [0.1, 0.15) is 6.07 Å². The lowest BCUT2D eigenvalue weighted by molar-refractivity contribution is 0.755. The number of fused-ring (bicyclic) bond motifs is 1. The number of hydrogen-bond acceptors (Lipinski definition) is 4. The molecule has 3 aromatic rings. The van der Waals surface area contributed by atoms with Crippen LogP contribution in [-0.2, 0) is 0 Å². The summed E-state index contributed by atoms with van der Waals surface area (Å²) in [6.45, 7) is 2.15. The Hall–Kier alpha value is -2.38. The number of pyridine rings is 1. The fourth-order valence-electron chi connectivity index (χ4n) is 2.50. The molecular formula is C17H15N3S. The predicted octanol–water partition coefficient (Wildman–Crippen LogP) is 4.37. The van der Waals surface area contributed by atoms with Gasteiger partial charge in [0, 0.05) is 23.5 Å². The Morgan fingerprint density at radius 1 is 1.24 bits per heavy atom. The zero-order valence-corrected chi connectivity index (χ0v) is 12.8. The topological polar surface area (TPSA) is 39.9 Å². The molecule has 0 saturated carbocycles. The molecule has 0 radical (unpaired) electrons. The molecule has 0 aliphatic carbocycles. The normalized spacial score (nSPS) is 12.0. The minimum absolute atomic E-state index is 0.211. The maximum Gasteiger partial charge on any atom is 0.103 e. The fraction of sp³-hybridized carbons (Fsp3) is 0.176. The number of anilines is 1. The molecule has 0 spiro atoms. The van der Waals surface area contributed by atoms with Crippen molar-refractivity contribution in [2.75, 3.05) is 11.9 Å². The van der Waals surface area contributed by atoms with Gasteiger partial charge in [-0.15, -0.1) is 11.3 Å². The Labute approximate surface area is 128 Å². The summed E-state index contributed by atoms with van der Waals surface area (Å²) in [5, 5.41) is 12.5. The highest BCUT2D eigenvalue weighted by Gasteiger charge is 2.19. The summed E-state index contributed by atoms with van der Waals surface area (Å²) in [4.78, 5) is 7.81. The van der Waals surface area contributed by atoms with E-state index in [0.717, 1.165) is 16.6 Å². The molecule has 104 valence electrons. The molecule has 1 unspecified atom stereocenters. The molecule has 2 aromatic heterocycles. The van der Waals surface area contributed by atoms with Gasteiger partial charge in [0.05, 0.1) is 22.8 Å². The maximum atomic E-state index is 9.43. The van der Waals surface area contributed by atoms with Crippen molar-refractivity contribution in [2.24, 2.45) is 0 Å². The largest absolute Gasteiger partial charge is 0.365 e. The molecule has 2 heterocycles. The van der Waals surface area contributed by atoms with Crippen molar-refractivity contribution in [3.8, 4) is 6.07 Å². The Balaban J connectivity index is 2.16. The summed E-state index contributed by atoms with van der Waals surface area (Å²) < 4.78 is 0. The van der Waals surface area contributed by atoms with E-state index in [-0.39, 0.29) is 6.04 Å². The summed E-state index contributed by atoms with van der Waals surface area (Å²) in [5.74, 6) is 0. The molecule has 3 nitrogen and oxygen atoms in total. The number of aromatic nitrogens is 1. The van der Waals surface area contributed by atoms with Gasteiger partial charge in [0.25, 0.3) is 0 Å². The van der Waals surface area contributed by atoms with Crippen LogP contribution in [0.1, 0.15) is 23.4 Å². The molecule has 0 saturated heterocycles. The summed E-state index contributed by atoms with van der Waals surface area (Å²) in [6, 6.07) is 14.6. The number of benzene rings is 1. The number of nitriles is 1. The molecule has 3 rings (SSSR count). The van der Waals surface area contributed by atoms with Crippen LogP contribution in [0.3, 0.4) is 0 Å². The highest BCUT2D eigenvalue weighted by molar-refractivity contribution is 7.10. The third-order valence-electron chi connectivity index (χ3n) is 3.76. The van der Waals surface area contributed by atoms with Gasteiger partial charge in [-0.2, -0.15) is 5.26 Å². The smallest absolute Gasteiger partial charge is 0.103 e. The molecule has 4 heteroatoms. The average Bonchev–Trinajstić information content (AvgIpc) is 3.06. The molecular weight excluding hydrogens is 278 g/mol. The van der Waals surface area contributed by atoms with Gasteiger partial charge in [-0.25, -0.2) is 0 Å². The second kappa shape index (κ2) is 5.55. The number of thiophene rings is 1. The van der Waals surface area contributed by atoms with Crippen LogP contribution < -0.4 is 4.90 Å². The lowest BCUT2D eigenvalue weighted by Crippen LogP contribution is -2.22. The Morgan fingerprint density at radius 3 is 2.76 bits per heavy atom. The van der Waals surface area contributed by atoms with Crippen molar-refractivity contribution in [3.05, 3.63) is 58.4 Å². The molecule has 0 amide bonds. The van der Waals surface area contributed by atoms with E-state index >= 15 is 0 Å². The van der Waals surface area contributed by atoms with Gasteiger partial charge >= 0.3 is 0 Å². The average molecular weight is 293 g/mol. The van der Waals surface area contributed by atoms with Crippen molar-refractivity contribution in [1.82, 2.24) is 4.98 Å². The van der Waals surface area contributed by atoms with Crippen molar-refractivity contribution in [1.29, 1.82) is 5.26 Å². The van der Waals surface area contributed by atoms with Crippen LogP contribution in [0.2, 0.25) is 0 Å². The third-order valence-corrected chi connectivity index (χ3v) is 4.80. The van der Waals surface area contributed by atoms with Crippen LogP contribution in [0.5, 0.6) is 0 Å². The first-order valence-corrected chi connectivity index (χ1v) is 7.64. The van der Waals surface area contributed by atoms with Crippen molar-refractivity contribution in [3.63, 3.8) is 0 Å². The van der Waals surface area contributed by atoms with Crippen LogP contribution >= 0.6 is 11.3 Å². The summed E-state index contributed by atoms with van der Waals surface area (Å²) in [6.07, 6.45) is 1.66. The molecule has 0 aliphatic heterocycles. The first-order chi connectivity index (χ1) is 10.2. The molecule has 21 heavy (non-hydrogen) atoms. The zero-order chi connectivity index (χ0) is 14.8. The summed E-state index contributed by atoms with van der Waals surface area (Å²) >= 11 is 1.73. The SMILES string of the molecule is CC(c1cccs1)N(C)c1c(C#N)cnc2ccccc12. The minimum Gasteiger partial charge on any atom is -0.365 e. The minimum atomic E-state index is 0.211. The first kappa shape index (κ1) is 13.6. The monoisotopic (exact) mass is 293 g/mol. The molecule has 1 aromatic carbocycles. The number of hydrogen-bond donors (Lipinski definition) is 0. The summed E-state index contributed by atoms with van der Waals surface area (Å²) in [5.41, 5.74) is 2.47. The quantitative estimate of drug-likeness (QED) is 0.720. The lowest BCUT2D eigenvalue weighted by atomic mass is 10.1. The van der Waals surface area contributed by atoms with E-state index in [2.05, 4.69) is 40.4 Å². The van der Waals surface area contributed by atoms with Crippen molar-refractivity contribution in [2.45, 2.75) is 13.0 Å². The predicted molar refractivity (Wildman–Crippen MR) is 87.6 cm³/mol. The van der Waals surface area contributed by atoms with E-state index in [4.69, 9.17) is 0 Å². The lowest BCUT2D eigenvalue weighted by Gasteiger charge is -2.28. The van der Waals surface area contributed by atoms with Gasteiger partial charge in [-0.05, 0) is 24.4 Å². The second-order valence-corrected chi connectivity index (χ2v) is 5.93. The van der Waals surface area contributed by atoms with Crippen LogP contribution in [-0.4, -0.2) is 12.0 Å².